The fourth-order valence-electron chi connectivity index (χ4n) is 1.92. The molecule has 0 aliphatic rings. The largest absolute Gasteiger partial charge is 0.481 e. The van der Waals surface area contributed by atoms with Gasteiger partial charge in [0, 0.05) is 19.0 Å². The third-order valence-corrected chi connectivity index (χ3v) is 3.14. The highest BCUT2D eigenvalue weighted by Gasteiger charge is 2.22. The number of nitrogens with zero attached hydrogens (tertiary/aromatic N) is 2. The number of carboxylic acid groups (broad SMARTS) is 1. The summed E-state index contributed by atoms with van der Waals surface area (Å²) < 4.78 is 0. The van der Waals surface area contributed by atoms with Gasteiger partial charge in [0.05, 0.1) is 12.1 Å². The zero-order valence-corrected chi connectivity index (χ0v) is 12.8. The molecule has 1 amide bonds. The molecular formula is C14H21N3O4. The van der Waals surface area contributed by atoms with Crippen LogP contribution in [0.25, 0.3) is 0 Å². The smallest absolute Gasteiger partial charge is 0.305 e. The van der Waals surface area contributed by atoms with Gasteiger partial charge in [-0.3, -0.25) is 14.4 Å². The standard InChI is InChI=1S/C14H21N3O4/c1-5-17(7-6-10(18)19)14(21)11-9(4)15-12(8(2)3)16-13(11)20/h8H,5-7H2,1-4H3,(H,18,19)(H,15,16,20). The molecule has 0 saturated carbocycles. The number of rotatable bonds is 6. The van der Waals surface area contributed by atoms with Gasteiger partial charge in [-0.15, -0.1) is 0 Å². The summed E-state index contributed by atoms with van der Waals surface area (Å²) in [5, 5.41) is 8.70. The van der Waals surface area contributed by atoms with E-state index in [1.807, 2.05) is 13.8 Å². The Bertz CT molecular complexity index is 592. The van der Waals surface area contributed by atoms with E-state index >= 15 is 0 Å². The topological polar surface area (TPSA) is 103 Å². The second-order valence-corrected chi connectivity index (χ2v) is 5.09. The van der Waals surface area contributed by atoms with Crippen molar-refractivity contribution in [3.63, 3.8) is 0 Å². The van der Waals surface area contributed by atoms with Crippen LogP contribution in [0.4, 0.5) is 0 Å². The molecule has 0 saturated heterocycles. The lowest BCUT2D eigenvalue weighted by atomic mass is 10.1. The molecule has 116 valence electrons. The van der Waals surface area contributed by atoms with E-state index in [2.05, 4.69) is 9.97 Å². The summed E-state index contributed by atoms with van der Waals surface area (Å²) in [6.45, 7) is 7.53. The summed E-state index contributed by atoms with van der Waals surface area (Å²) in [5.74, 6) is -0.891. The fourth-order valence-corrected chi connectivity index (χ4v) is 1.92. The number of amides is 1. The molecule has 1 rings (SSSR count). The number of carbonyl (C=O) groups is 2. The van der Waals surface area contributed by atoms with E-state index in [0.717, 1.165) is 0 Å². The van der Waals surface area contributed by atoms with E-state index in [1.54, 1.807) is 13.8 Å². The number of aliphatic carboxylic acids is 1. The SMILES string of the molecule is CCN(CCC(=O)O)C(=O)c1c(C)nc(C(C)C)[nH]c1=O. The normalized spacial score (nSPS) is 10.7. The first-order valence-electron chi connectivity index (χ1n) is 6.89. The van der Waals surface area contributed by atoms with Crippen LogP contribution >= 0.6 is 0 Å². The molecule has 0 unspecified atom stereocenters. The van der Waals surface area contributed by atoms with E-state index in [4.69, 9.17) is 5.11 Å². The van der Waals surface area contributed by atoms with Crippen LogP contribution in [0.5, 0.6) is 0 Å². The molecule has 0 radical (unpaired) electrons. The maximum Gasteiger partial charge on any atom is 0.305 e. The zero-order chi connectivity index (χ0) is 16.2. The Labute approximate surface area is 123 Å². The van der Waals surface area contributed by atoms with Gasteiger partial charge in [0.25, 0.3) is 11.5 Å². The lowest BCUT2D eigenvalue weighted by Gasteiger charge is -2.20. The number of carbonyl (C=O) groups excluding carboxylic acids is 1. The number of aromatic amines is 1. The van der Waals surface area contributed by atoms with Crippen molar-refractivity contribution in [2.24, 2.45) is 0 Å². The zero-order valence-electron chi connectivity index (χ0n) is 12.8. The maximum atomic E-state index is 12.4. The molecule has 0 spiro atoms. The summed E-state index contributed by atoms with van der Waals surface area (Å²) in [6, 6.07) is 0. The molecule has 1 heterocycles. The van der Waals surface area contributed by atoms with Crippen LogP contribution < -0.4 is 5.56 Å². The molecule has 0 aliphatic carbocycles. The second kappa shape index (κ2) is 7.01. The Morgan fingerprint density at radius 2 is 2.00 bits per heavy atom. The van der Waals surface area contributed by atoms with Crippen molar-refractivity contribution >= 4 is 11.9 Å². The van der Waals surface area contributed by atoms with Gasteiger partial charge in [0.15, 0.2) is 0 Å². The summed E-state index contributed by atoms with van der Waals surface area (Å²) in [5.41, 5.74) is -0.141. The molecule has 1 aromatic rings. The van der Waals surface area contributed by atoms with Gasteiger partial charge in [0.2, 0.25) is 0 Å². The average molecular weight is 295 g/mol. The van der Waals surface area contributed by atoms with Crippen LogP contribution in [0.2, 0.25) is 0 Å². The minimum absolute atomic E-state index is 0.0216. The molecule has 0 aliphatic heterocycles. The molecule has 0 fully saturated rings. The van der Waals surface area contributed by atoms with E-state index in [0.29, 0.717) is 18.1 Å². The van der Waals surface area contributed by atoms with Crippen LogP contribution in [-0.4, -0.2) is 44.9 Å². The lowest BCUT2D eigenvalue weighted by Crippen LogP contribution is -2.37. The van der Waals surface area contributed by atoms with Crippen molar-refractivity contribution in [1.29, 1.82) is 0 Å². The molecule has 7 nitrogen and oxygen atoms in total. The summed E-state index contributed by atoms with van der Waals surface area (Å²) in [6.07, 6.45) is -0.159. The highest BCUT2D eigenvalue weighted by atomic mass is 16.4. The molecule has 7 heteroatoms. The van der Waals surface area contributed by atoms with Crippen molar-refractivity contribution in [3.8, 4) is 0 Å². The first kappa shape index (κ1) is 16.9. The van der Waals surface area contributed by atoms with Gasteiger partial charge in [-0.1, -0.05) is 13.8 Å². The number of hydrogen-bond donors (Lipinski definition) is 2. The minimum Gasteiger partial charge on any atom is -0.481 e. The van der Waals surface area contributed by atoms with Gasteiger partial charge < -0.3 is 15.0 Å². The van der Waals surface area contributed by atoms with E-state index in [9.17, 15) is 14.4 Å². The average Bonchev–Trinajstić information content (AvgIpc) is 2.38. The highest BCUT2D eigenvalue weighted by Crippen LogP contribution is 2.10. The lowest BCUT2D eigenvalue weighted by molar-refractivity contribution is -0.137. The number of H-pyrrole nitrogens is 1. The maximum absolute atomic E-state index is 12.4. The van der Waals surface area contributed by atoms with E-state index in [1.165, 1.54) is 4.90 Å². The number of aryl methyl sites for hydroxylation is 1. The fraction of sp³-hybridized carbons (Fsp3) is 0.571. The van der Waals surface area contributed by atoms with Crippen molar-refractivity contribution in [1.82, 2.24) is 14.9 Å². The molecule has 0 bridgehead atoms. The Hall–Kier alpha value is -2.18. The molecule has 21 heavy (non-hydrogen) atoms. The summed E-state index contributed by atoms with van der Waals surface area (Å²) in [4.78, 5) is 43.3. The van der Waals surface area contributed by atoms with Crippen molar-refractivity contribution < 1.29 is 14.7 Å². The first-order chi connectivity index (χ1) is 9.77. The molecule has 0 aromatic carbocycles. The van der Waals surface area contributed by atoms with Crippen LogP contribution in [-0.2, 0) is 4.79 Å². The van der Waals surface area contributed by atoms with Gasteiger partial charge in [-0.2, -0.15) is 0 Å². The Kier molecular flexibility index (Phi) is 5.63. The van der Waals surface area contributed by atoms with E-state index in [-0.39, 0.29) is 24.4 Å². The predicted molar refractivity (Wildman–Crippen MR) is 77.5 cm³/mol. The quantitative estimate of drug-likeness (QED) is 0.819. The number of carboxylic acids is 1. The van der Waals surface area contributed by atoms with Gasteiger partial charge in [-0.05, 0) is 13.8 Å². The highest BCUT2D eigenvalue weighted by molar-refractivity contribution is 5.95. The van der Waals surface area contributed by atoms with Crippen LogP contribution in [0, 0.1) is 6.92 Å². The van der Waals surface area contributed by atoms with Gasteiger partial charge in [-0.25, -0.2) is 4.98 Å². The van der Waals surface area contributed by atoms with E-state index < -0.39 is 17.4 Å². The molecule has 1 aromatic heterocycles. The van der Waals surface area contributed by atoms with Gasteiger partial charge in [0.1, 0.15) is 11.4 Å². The van der Waals surface area contributed by atoms with Crippen LogP contribution in [0.3, 0.4) is 0 Å². The number of hydrogen-bond acceptors (Lipinski definition) is 4. The van der Waals surface area contributed by atoms with Crippen LogP contribution in [0.1, 0.15) is 55.0 Å². The second-order valence-electron chi connectivity index (χ2n) is 5.09. The Morgan fingerprint density at radius 3 is 2.43 bits per heavy atom. The molecule has 2 N–H and O–H groups in total. The monoisotopic (exact) mass is 295 g/mol. The van der Waals surface area contributed by atoms with Crippen molar-refractivity contribution in [3.05, 3.63) is 27.4 Å². The third-order valence-electron chi connectivity index (χ3n) is 3.14. The number of nitrogens with one attached hydrogen (secondary N) is 1. The number of aromatic nitrogens is 2. The predicted octanol–water partition coefficient (Wildman–Crippen LogP) is 1.14. The van der Waals surface area contributed by atoms with Crippen molar-refractivity contribution in [2.75, 3.05) is 13.1 Å². The Morgan fingerprint density at radius 1 is 1.38 bits per heavy atom. The summed E-state index contributed by atoms with van der Waals surface area (Å²) in [7, 11) is 0. The third kappa shape index (κ3) is 4.14. The minimum atomic E-state index is -0.986. The molecular weight excluding hydrogens is 274 g/mol. The Balaban J connectivity index is 3.11. The molecule has 0 atom stereocenters. The summed E-state index contributed by atoms with van der Waals surface area (Å²) >= 11 is 0. The van der Waals surface area contributed by atoms with Gasteiger partial charge >= 0.3 is 5.97 Å². The van der Waals surface area contributed by atoms with Crippen molar-refractivity contribution in [2.45, 2.75) is 40.0 Å². The first-order valence-corrected chi connectivity index (χ1v) is 6.89. The van der Waals surface area contributed by atoms with Crippen LogP contribution in [0.15, 0.2) is 4.79 Å².